The van der Waals surface area contributed by atoms with Crippen LogP contribution in [0.1, 0.15) is 23.6 Å². The Labute approximate surface area is 210 Å². The maximum atomic E-state index is 13.1. The summed E-state index contributed by atoms with van der Waals surface area (Å²) in [6.45, 7) is 1.87. The van der Waals surface area contributed by atoms with Crippen molar-refractivity contribution >= 4 is 11.9 Å². The standard InChI is InChI=1S/C29H30O7/c1-21(30)32-20-25-26(33-17-22-11-5-2-6-12-22)27(34-18-23-13-7-3-8-14-23)28(29(31)36-25)35-19-24-15-9-4-10-16-24/h2-16,25-28H,17-20H2,1H3/t25-,26-,27+,28+/m1/s1. The van der Waals surface area contributed by atoms with Gasteiger partial charge in [0.2, 0.25) is 0 Å². The minimum absolute atomic E-state index is 0.142. The first kappa shape index (κ1) is 25.6. The fourth-order valence-electron chi connectivity index (χ4n) is 3.97. The fourth-order valence-corrected chi connectivity index (χ4v) is 3.97. The molecular weight excluding hydrogens is 460 g/mol. The van der Waals surface area contributed by atoms with E-state index in [0.29, 0.717) is 0 Å². The summed E-state index contributed by atoms with van der Waals surface area (Å²) in [6, 6.07) is 28.9. The molecule has 3 aromatic rings. The third-order valence-corrected chi connectivity index (χ3v) is 5.78. The van der Waals surface area contributed by atoms with Gasteiger partial charge in [-0.15, -0.1) is 0 Å². The van der Waals surface area contributed by atoms with E-state index in [0.717, 1.165) is 16.7 Å². The number of carbonyl (C=O) groups excluding carboxylic acids is 2. The summed E-state index contributed by atoms with van der Waals surface area (Å²) in [6.07, 6.45) is -3.39. The molecule has 0 N–H and O–H groups in total. The van der Waals surface area contributed by atoms with Crippen LogP contribution in [0.3, 0.4) is 0 Å². The zero-order chi connectivity index (χ0) is 25.2. The molecule has 1 aliphatic heterocycles. The molecule has 0 radical (unpaired) electrons. The highest BCUT2D eigenvalue weighted by atomic mass is 16.6. The Morgan fingerprint density at radius 2 is 1.14 bits per heavy atom. The predicted molar refractivity (Wildman–Crippen MR) is 132 cm³/mol. The van der Waals surface area contributed by atoms with Gasteiger partial charge in [0.25, 0.3) is 0 Å². The van der Waals surface area contributed by atoms with E-state index < -0.39 is 36.4 Å². The van der Waals surface area contributed by atoms with Gasteiger partial charge >= 0.3 is 11.9 Å². The zero-order valence-corrected chi connectivity index (χ0v) is 20.2. The van der Waals surface area contributed by atoms with Crippen molar-refractivity contribution in [1.29, 1.82) is 0 Å². The first-order valence-corrected chi connectivity index (χ1v) is 11.9. The van der Waals surface area contributed by atoms with Crippen molar-refractivity contribution in [2.45, 2.75) is 51.2 Å². The summed E-state index contributed by atoms with van der Waals surface area (Å²) in [5.74, 6) is -1.06. The first-order chi connectivity index (χ1) is 17.6. The molecule has 188 valence electrons. The maximum absolute atomic E-state index is 13.1. The molecule has 0 amide bonds. The maximum Gasteiger partial charge on any atom is 0.338 e. The number of cyclic esters (lactones) is 1. The van der Waals surface area contributed by atoms with Gasteiger partial charge in [-0.05, 0) is 16.7 Å². The summed E-state index contributed by atoms with van der Waals surface area (Å²) >= 11 is 0. The summed E-state index contributed by atoms with van der Waals surface area (Å²) in [7, 11) is 0. The predicted octanol–water partition coefficient (Wildman–Crippen LogP) is 4.23. The molecule has 0 saturated carbocycles. The third kappa shape index (κ3) is 7.24. The van der Waals surface area contributed by atoms with Crippen LogP contribution in [0.2, 0.25) is 0 Å². The zero-order valence-electron chi connectivity index (χ0n) is 20.2. The van der Waals surface area contributed by atoms with Crippen molar-refractivity contribution in [3.63, 3.8) is 0 Å². The van der Waals surface area contributed by atoms with Crippen molar-refractivity contribution in [3.05, 3.63) is 108 Å². The van der Waals surface area contributed by atoms with Crippen LogP contribution in [-0.4, -0.2) is 43.0 Å². The minimum Gasteiger partial charge on any atom is -0.462 e. The second-order valence-electron chi connectivity index (χ2n) is 8.52. The normalized spacial score (nSPS) is 21.5. The summed E-state index contributed by atoms with van der Waals surface area (Å²) in [5.41, 5.74) is 2.80. The summed E-state index contributed by atoms with van der Waals surface area (Å²) in [4.78, 5) is 24.6. The molecule has 0 bridgehead atoms. The van der Waals surface area contributed by atoms with Gasteiger partial charge < -0.3 is 23.7 Å². The van der Waals surface area contributed by atoms with E-state index in [1.54, 1.807) is 0 Å². The Morgan fingerprint density at radius 3 is 1.61 bits per heavy atom. The van der Waals surface area contributed by atoms with Crippen molar-refractivity contribution < 1.29 is 33.3 Å². The van der Waals surface area contributed by atoms with Gasteiger partial charge in [0.15, 0.2) is 12.2 Å². The third-order valence-electron chi connectivity index (χ3n) is 5.78. The SMILES string of the molecule is CC(=O)OC[C@H]1OC(=O)[C@@H](OCc2ccccc2)[C@@H](OCc2ccccc2)[C@@H]1OCc1ccccc1. The van der Waals surface area contributed by atoms with Gasteiger partial charge in [-0.2, -0.15) is 0 Å². The average Bonchev–Trinajstić information content (AvgIpc) is 2.91. The minimum atomic E-state index is -1.02. The molecule has 7 heteroatoms. The smallest absolute Gasteiger partial charge is 0.338 e. The largest absolute Gasteiger partial charge is 0.462 e. The highest BCUT2D eigenvalue weighted by Gasteiger charge is 2.49. The molecule has 0 aromatic heterocycles. The van der Waals surface area contributed by atoms with Crippen LogP contribution < -0.4 is 0 Å². The Kier molecular flexibility index (Phi) is 9.21. The molecule has 7 nitrogen and oxygen atoms in total. The molecule has 0 unspecified atom stereocenters. The van der Waals surface area contributed by atoms with E-state index in [9.17, 15) is 9.59 Å². The molecule has 36 heavy (non-hydrogen) atoms. The fraction of sp³-hybridized carbons (Fsp3) is 0.310. The van der Waals surface area contributed by atoms with Gasteiger partial charge in [-0.1, -0.05) is 91.0 Å². The number of carbonyl (C=O) groups is 2. The molecular formula is C29H30O7. The van der Waals surface area contributed by atoms with Gasteiger partial charge in [-0.3, -0.25) is 4.79 Å². The quantitative estimate of drug-likeness (QED) is 0.372. The Balaban J connectivity index is 1.57. The molecule has 4 rings (SSSR count). The monoisotopic (exact) mass is 490 g/mol. The van der Waals surface area contributed by atoms with Gasteiger partial charge in [0.05, 0.1) is 19.8 Å². The van der Waals surface area contributed by atoms with Gasteiger partial charge in [0, 0.05) is 6.92 Å². The van der Waals surface area contributed by atoms with Crippen LogP contribution in [0.25, 0.3) is 0 Å². The lowest BCUT2D eigenvalue weighted by molar-refractivity contribution is -0.238. The van der Waals surface area contributed by atoms with E-state index in [2.05, 4.69) is 0 Å². The highest BCUT2D eigenvalue weighted by Crippen LogP contribution is 2.28. The molecule has 1 heterocycles. The molecule has 1 saturated heterocycles. The second kappa shape index (κ2) is 13.0. The number of rotatable bonds is 11. The molecule has 1 fully saturated rings. The number of hydrogen-bond donors (Lipinski definition) is 0. The Hall–Kier alpha value is -3.52. The molecule has 3 aromatic carbocycles. The lowest BCUT2D eigenvalue weighted by Crippen LogP contribution is -2.59. The second-order valence-corrected chi connectivity index (χ2v) is 8.52. The lowest BCUT2D eigenvalue weighted by atomic mass is 9.98. The van der Waals surface area contributed by atoms with E-state index in [4.69, 9.17) is 23.7 Å². The van der Waals surface area contributed by atoms with Crippen LogP contribution in [-0.2, 0) is 53.1 Å². The molecule has 4 atom stereocenters. The van der Waals surface area contributed by atoms with Crippen LogP contribution in [0.5, 0.6) is 0 Å². The number of benzene rings is 3. The van der Waals surface area contributed by atoms with E-state index in [-0.39, 0.29) is 26.4 Å². The van der Waals surface area contributed by atoms with Crippen molar-refractivity contribution in [2.24, 2.45) is 0 Å². The Morgan fingerprint density at radius 1 is 0.694 bits per heavy atom. The highest BCUT2D eigenvalue weighted by molar-refractivity contribution is 5.77. The van der Waals surface area contributed by atoms with Gasteiger partial charge in [-0.25, -0.2) is 4.79 Å². The van der Waals surface area contributed by atoms with E-state index >= 15 is 0 Å². The molecule has 0 spiro atoms. The van der Waals surface area contributed by atoms with Crippen LogP contribution >= 0.6 is 0 Å². The van der Waals surface area contributed by atoms with E-state index in [1.807, 2.05) is 91.0 Å². The van der Waals surface area contributed by atoms with Crippen LogP contribution in [0, 0.1) is 0 Å². The topological polar surface area (TPSA) is 80.3 Å². The Bertz CT molecular complexity index is 1090. The first-order valence-electron chi connectivity index (χ1n) is 11.9. The number of ether oxygens (including phenoxy) is 5. The molecule has 1 aliphatic rings. The lowest BCUT2D eigenvalue weighted by Gasteiger charge is -2.40. The van der Waals surface area contributed by atoms with Gasteiger partial charge in [0.1, 0.15) is 18.8 Å². The average molecular weight is 491 g/mol. The van der Waals surface area contributed by atoms with Crippen LogP contribution in [0.4, 0.5) is 0 Å². The summed E-state index contributed by atoms with van der Waals surface area (Å²) < 4.78 is 29.5. The van der Waals surface area contributed by atoms with E-state index in [1.165, 1.54) is 6.92 Å². The number of hydrogen-bond acceptors (Lipinski definition) is 7. The van der Waals surface area contributed by atoms with Crippen molar-refractivity contribution in [3.8, 4) is 0 Å². The van der Waals surface area contributed by atoms with Crippen molar-refractivity contribution in [2.75, 3.05) is 6.61 Å². The summed E-state index contributed by atoms with van der Waals surface area (Å²) in [5, 5.41) is 0. The number of esters is 2. The molecule has 0 aliphatic carbocycles. The van der Waals surface area contributed by atoms with Crippen LogP contribution in [0.15, 0.2) is 91.0 Å². The van der Waals surface area contributed by atoms with Crippen molar-refractivity contribution in [1.82, 2.24) is 0 Å².